The maximum atomic E-state index is 12.6. The Hall–Kier alpha value is -2.82. The van der Waals surface area contributed by atoms with Crippen molar-refractivity contribution >= 4 is 5.91 Å². The lowest BCUT2D eigenvalue weighted by atomic mass is 9.80. The summed E-state index contributed by atoms with van der Waals surface area (Å²) in [5.74, 6) is 0.899. The van der Waals surface area contributed by atoms with Crippen molar-refractivity contribution in [2.75, 3.05) is 0 Å². The molecule has 2 aromatic heterocycles. The number of furan rings is 1. The zero-order chi connectivity index (χ0) is 17.1. The first kappa shape index (κ1) is 15.7. The Morgan fingerprint density at radius 1 is 1.12 bits per heavy atom. The second-order valence-electron chi connectivity index (χ2n) is 6.53. The Bertz CT molecular complexity index is 824. The van der Waals surface area contributed by atoms with Crippen molar-refractivity contribution in [3.8, 4) is 11.5 Å². The molecule has 1 amide bonds. The van der Waals surface area contributed by atoms with E-state index in [4.69, 9.17) is 4.42 Å². The topological polar surface area (TPSA) is 70.9 Å². The molecular formula is C20H21N3O2. The molecule has 0 radical (unpaired) electrons. The van der Waals surface area contributed by atoms with E-state index >= 15 is 0 Å². The van der Waals surface area contributed by atoms with Gasteiger partial charge < -0.3 is 9.73 Å². The number of nitrogens with zero attached hydrogens (tertiary/aromatic N) is 1. The molecule has 2 heterocycles. The lowest BCUT2D eigenvalue weighted by Crippen LogP contribution is -2.41. The van der Waals surface area contributed by atoms with E-state index in [0.29, 0.717) is 23.1 Å². The zero-order valence-corrected chi connectivity index (χ0v) is 13.9. The van der Waals surface area contributed by atoms with Crippen molar-refractivity contribution in [2.45, 2.75) is 37.6 Å². The van der Waals surface area contributed by atoms with Crippen molar-refractivity contribution in [1.29, 1.82) is 0 Å². The molecule has 0 spiro atoms. The zero-order valence-electron chi connectivity index (χ0n) is 13.9. The molecule has 2 atom stereocenters. The third-order valence-electron chi connectivity index (χ3n) is 4.91. The molecule has 1 saturated carbocycles. The van der Waals surface area contributed by atoms with Gasteiger partial charge in [-0.05, 0) is 30.5 Å². The van der Waals surface area contributed by atoms with Crippen LogP contribution in [-0.2, 0) is 0 Å². The molecule has 2 N–H and O–H groups in total. The van der Waals surface area contributed by atoms with E-state index in [0.717, 1.165) is 19.3 Å². The van der Waals surface area contributed by atoms with Crippen LogP contribution in [0, 0.1) is 0 Å². The molecule has 4 rings (SSSR count). The Morgan fingerprint density at radius 2 is 1.96 bits per heavy atom. The molecule has 1 aromatic carbocycles. The number of aromatic amines is 1. The monoisotopic (exact) mass is 335 g/mol. The summed E-state index contributed by atoms with van der Waals surface area (Å²) in [7, 11) is 0. The minimum absolute atomic E-state index is 0.137. The summed E-state index contributed by atoms with van der Waals surface area (Å²) in [5, 5.41) is 10.2. The molecule has 25 heavy (non-hydrogen) atoms. The number of aromatic nitrogens is 2. The van der Waals surface area contributed by atoms with Crippen LogP contribution in [0.25, 0.3) is 11.5 Å². The second kappa shape index (κ2) is 6.97. The number of H-pyrrole nitrogens is 1. The Morgan fingerprint density at radius 3 is 2.76 bits per heavy atom. The van der Waals surface area contributed by atoms with E-state index in [1.807, 2.05) is 18.2 Å². The highest BCUT2D eigenvalue weighted by Gasteiger charge is 2.28. The summed E-state index contributed by atoms with van der Waals surface area (Å²) in [6, 6.07) is 16.0. The van der Waals surface area contributed by atoms with Gasteiger partial charge in [0.15, 0.2) is 11.5 Å². The number of hydrogen-bond acceptors (Lipinski definition) is 3. The molecule has 5 nitrogen and oxygen atoms in total. The number of benzene rings is 1. The smallest absolute Gasteiger partial charge is 0.272 e. The largest absolute Gasteiger partial charge is 0.463 e. The molecule has 2 unspecified atom stereocenters. The minimum Gasteiger partial charge on any atom is -0.463 e. The highest BCUT2D eigenvalue weighted by Crippen LogP contribution is 2.33. The van der Waals surface area contributed by atoms with Crippen molar-refractivity contribution in [3.05, 3.63) is 66.1 Å². The van der Waals surface area contributed by atoms with Crippen LogP contribution in [0.2, 0.25) is 0 Å². The third-order valence-corrected chi connectivity index (χ3v) is 4.91. The van der Waals surface area contributed by atoms with Gasteiger partial charge in [0, 0.05) is 18.0 Å². The lowest BCUT2D eigenvalue weighted by Gasteiger charge is -2.32. The predicted octanol–water partition coefficient (Wildman–Crippen LogP) is 4.13. The highest BCUT2D eigenvalue weighted by atomic mass is 16.3. The predicted molar refractivity (Wildman–Crippen MR) is 95.2 cm³/mol. The highest BCUT2D eigenvalue weighted by molar-refractivity contribution is 5.93. The average molecular weight is 335 g/mol. The lowest BCUT2D eigenvalue weighted by molar-refractivity contribution is 0.0915. The summed E-state index contributed by atoms with van der Waals surface area (Å²) in [6.45, 7) is 0. The summed E-state index contributed by atoms with van der Waals surface area (Å²) >= 11 is 0. The van der Waals surface area contributed by atoms with Crippen molar-refractivity contribution in [1.82, 2.24) is 15.5 Å². The molecule has 0 saturated heterocycles. The van der Waals surface area contributed by atoms with E-state index in [1.165, 1.54) is 12.0 Å². The van der Waals surface area contributed by atoms with Gasteiger partial charge in [-0.15, -0.1) is 0 Å². The quantitative estimate of drug-likeness (QED) is 0.753. The van der Waals surface area contributed by atoms with Crippen LogP contribution in [0.3, 0.4) is 0 Å². The molecule has 128 valence electrons. The molecule has 1 aliphatic carbocycles. The van der Waals surface area contributed by atoms with E-state index in [2.05, 4.69) is 39.8 Å². The molecule has 0 bridgehead atoms. The normalized spacial score (nSPS) is 20.3. The molecule has 3 aromatic rings. The fourth-order valence-corrected chi connectivity index (χ4v) is 3.64. The van der Waals surface area contributed by atoms with Gasteiger partial charge in [0.05, 0.1) is 6.26 Å². The summed E-state index contributed by atoms with van der Waals surface area (Å²) in [4.78, 5) is 12.6. The maximum absolute atomic E-state index is 12.6. The second-order valence-corrected chi connectivity index (χ2v) is 6.53. The third kappa shape index (κ3) is 3.36. The average Bonchev–Trinajstić information content (AvgIpc) is 3.34. The van der Waals surface area contributed by atoms with Crippen LogP contribution >= 0.6 is 0 Å². The number of hydrogen-bond donors (Lipinski definition) is 2. The molecular weight excluding hydrogens is 314 g/mol. The Kier molecular flexibility index (Phi) is 4.37. The van der Waals surface area contributed by atoms with Gasteiger partial charge in [-0.25, -0.2) is 0 Å². The number of amides is 1. The minimum atomic E-state index is -0.137. The molecule has 1 aliphatic rings. The van der Waals surface area contributed by atoms with E-state index in [9.17, 15) is 4.79 Å². The van der Waals surface area contributed by atoms with Gasteiger partial charge in [-0.1, -0.05) is 43.2 Å². The van der Waals surface area contributed by atoms with E-state index < -0.39 is 0 Å². The van der Waals surface area contributed by atoms with Crippen molar-refractivity contribution in [3.63, 3.8) is 0 Å². The molecule has 0 aliphatic heterocycles. The first-order chi connectivity index (χ1) is 12.3. The Balaban J connectivity index is 1.49. The fraction of sp³-hybridized carbons (Fsp3) is 0.300. The standard InChI is InChI=1S/C20H21N3O2/c24-20(18-13-17(22-23-18)19-11-6-12-25-19)21-16-10-5-4-9-15(16)14-7-2-1-3-8-14/h1-3,6-8,11-13,15-16H,4-5,9-10H2,(H,21,24)(H,22,23). The van der Waals surface area contributed by atoms with Gasteiger partial charge in [-0.2, -0.15) is 5.10 Å². The number of rotatable bonds is 4. The van der Waals surface area contributed by atoms with Crippen LogP contribution in [0.15, 0.2) is 59.2 Å². The van der Waals surface area contributed by atoms with Gasteiger partial charge in [0.25, 0.3) is 5.91 Å². The maximum Gasteiger partial charge on any atom is 0.272 e. The SMILES string of the molecule is O=C(NC1CCCCC1c1ccccc1)c1cc(-c2ccco2)[nH]n1. The van der Waals surface area contributed by atoms with Crippen LogP contribution in [-0.4, -0.2) is 22.1 Å². The van der Waals surface area contributed by atoms with Gasteiger partial charge in [-0.3, -0.25) is 9.89 Å². The van der Waals surface area contributed by atoms with E-state index in [-0.39, 0.29) is 11.9 Å². The number of nitrogens with one attached hydrogen (secondary N) is 2. The van der Waals surface area contributed by atoms with E-state index in [1.54, 1.807) is 12.3 Å². The summed E-state index contributed by atoms with van der Waals surface area (Å²) < 4.78 is 5.33. The van der Waals surface area contributed by atoms with Gasteiger partial charge >= 0.3 is 0 Å². The Labute approximate surface area is 146 Å². The number of carbonyl (C=O) groups excluding carboxylic acids is 1. The first-order valence-corrected chi connectivity index (χ1v) is 8.76. The van der Waals surface area contributed by atoms with Crippen LogP contribution in [0.5, 0.6) is 0 Å². The van der Waals surface area contributed by atoms with Gasteiger partial charge in [0.2, 0.25) is 0 Å². The number of carbonyl (C=O) groups is 1. The molecule has 5 heteroatoms. The fourth-order valence-electron chi connectivity index (χ4n) is 3.64. The van der Waals surface area contributed by atoms with Crippen LogP contribution in [0.4, 0.5) is 0 Å². The van der Waals surface area contributed by atoms with Gasteiger partial charge in [0.1, 0.15) is 5.69 Å². The van der Waals surface area contributed by atoms with Crippen LogP contribution < -0.4 is 5.32 Å². The van der Waals surface area contributed by atoms with Crippen molar-refractivity contribution < 1.29 is 9.21 Å². The summed E-state index contributed by atoms with van der Waals surface area (Å²) in [5.41, 5.74) is 2.40. The summed E-state index contributed by atoms with van der Waals surface area (Å²) in [6.07, 6.45) is 6.06. The first-order valence-electron chi connectivity index (χ1n) is 8.76. The van der Waals surface area contributed by atoms with Crippen molar-refractivity contribution in [2.24, 2.45) is 0 Å². The molecule has 1 fully saturated rings. The van der Waals surface area contributed by atoms with Crippen LogP contribution in [0.1, 0.15) is 47.7 Å².